The number of thiophene rings is 2. The summed E-state index contributed by atoms with van der Waals surface area (Å²) in [5.41, 5.74) is 7.64. The van der Waals surface area contributed by atoms with Gasteiger partial charge in [0, 0.05) is 32.0 Å². The summed E-state index contributed by atoms with van der Waals surface area (Å²) >= 11 is 3.28. The number of alkyl halides is 6. The van der Waals surface area contributed by atoms with Crippen molar-refractivity contribution in [2.45, 2.75) is 129 Å². The highest BCUT2D eigenvalue weighted by Gasteiger charge is 2.71. The van der Waals surface area contributed by atoms with Crippen molar-refractivity contribution in [1.29, 1.82) is 0 Å². The van der Waals surface area contributed by atoms with Crippen LogP contribution in [0.2, 0.25) is 0 Å². The molecular weight excluding hydrogens is 867 g/mol. The van der Waals surface area contributed by atoms with E-state index in [2.05, 4.69) is 76.2 Å². The van der Waals surface area contributed by atoms with Gasteiger partial charge in [0.15, 0.2) is 0 Å². The Bertz CT molecular complexity index is 2280. The minimum atomic E-state index is -5.85. The highest BCUT2D eigenvalue weighted by Crippen LogP contribution is 2.46. The molecule has 6 rings (SSSR count). The van der Waals surface area contributed by atoms with Gasteiger partial charge in [-0.1, -0.05) is 89.8 Å². The molecule has 2 aromatic heterocycles. The number of aliphatic hydroxyl groups excluding tert-OH is 1. The second-order valence-electron chi connectivity index (χ2n) is 16.6. The maximum Gasteiger partial charge on any atom is 0.376 e. The summed E-state index contributed by atoms with van der Waals surface area (Å²) in [5.74, 6) is -15.4. The number of aliphatic hydroxyl groups is 1. The molecule has 0 atom stereocenters. The van der Waals surface area contributed by atoms with Gasteiger partial charge >= 0.3 is 17.8 Å². The number of ether oxygens (including phenoxy) is 3. The quantitative estimate of drug-likeness (QED) is 0.0435. The normalized spacial score (nSPS) is 12.6. The van der Waals surface area contributed by atoms with E-state index in [9.17, 15) is 26.3 Å². The van der Waals surface area contributed by atoms with Crippen molar-refractivity contribution < 1.29 is 45.7 Å². The standard InChI is InChI=1S/C52H60F6O4S2/c1-5-9-11-13-35-15-21-44(37(7-3)27-35)48-29-39-17-19-42(31-46(39)63-48)60-25-23-41(62-34-51(55,56)52(57,58)50(53,54)33-59)24-26-61-43-20-18-40-30-49(64-47(40)32-43)45-22-16-36(14-12-10-6-2)28-38(45)8-4/h15-22,27-32,41,59H,5-14,23-26,33-34H2,1-4H3. The summed E-state index contributed by atoms with van der Waals surface area (Å²) in [6.45, 7) is 4.21. The number of rotatable bonds is 26. The van der Waals surface area contributed by atoms with Crippen LogP contribution in [0.25, 0.3) is 41.1 Å². The van der Waals surface area contributed by atoms with Gasteiger partial charge in [-0.3, -0.25) is 0 Å². The summed E-state index contributed by atoms with van der Waals surface area (Å²) in [6.07, 6.45) is 9.86. The van der Waals surface area contributed by atoms with Crippen LogP contribution < -0.4 is 9.47 Å². The van der Waals surface area contributed by atoms with Crippen molar-refractivity contribution in [3.8, 4) is 32.4 Å². The number of aryl methyl sites for hydroxylation is 4. The smallest absolute Gasteiger partial charge is 0.376 e. The molecule has 0 aliphatic heterocycles. The number of hydrogen-bond acceptors (Lipinski definition) is 6. The van der Waals surface area contributed by atoms with Crippen molar-refractivity contribution in [3.05, 3.63) is 107 Å². The zero-order valence-electron chi connectivity index (χ0n) is 37.2. The van der Waals surface area contributed by atoms with Crippen molar-refractivity contribution in [1.82, 2.24) is 0 Å². The van der Waals surface area contributed by atoms with E-state index in [4.69, 9.17) is 19.3 Å². The molecular formula is C52H60F6O4S2. The first-order valence-corrected chi connectivity index (χ1v) is 24.3. The van der Waals surface area contributed by atoms with Crippen LogP contribution in [-0.4, -0.2) is 55.4 Å². The summed E-state index contributed by atoms with van der Waals surface area (Å²) in [5, 5.41) is 10.8. The van der Waals surface area contributed by atoms with Gasteiger partial charge in [0.2, 0.25) is 0 Å². The van der Waals surface area contributed by atoms with Crippen LogP contribution in [0.4, 0.5) is 26.3 Å². The maximum absolute atomic E-state index is 14.7. The lowest BCUT2D eigenvalue weighted by molar-refractivity contribution is -0.328. The Morgan fingerprint density at radius 3 is 1.45 bits per heavy atom. The van der Waals surface area contributed by atoms with Crippen LogP contribution in [0.15, 0.2) is 84.9 Å². The Morgan fingerprint density at radius 1 is 0.562 bits per heavy atom. The predicted octanol–water partition coefficient (Wildman–Crippen LogP) is 15.6. The molecule has 0 aliphatic carbocycles. The number of fused-ring (bicyclic) bond motifs is 2. The molecule has 4 nitrogen and oxygen atoms in total. The van der Waals surface area contributed by atoms with E-state index in [1.165, 1.54) is 71.9 Å². The van der Waals surface area contributed by atoms with Gasteiger partial charge in [-0.2, -0.15) is 26.3 Å². The molecule has 0 bridgehead atoms. The second kappa shape index (κ2) is 22.4. The van der Waals surface area contributed by atoms with Gasteiger partial charge in [-0.15, -0.1) is 22.7 Å². The van der Waals surface area contributed by atoms with E-state index in [-0.39, 0.29) is 26.1 Å². The molecule has 0 saturated heterocycles. The molecule has 346 valence electrons. The van der Waals surface area contributed by atoms with Crippen LogP contribution >= 0.6 is 22.7 Å². The Kier molecular flexibility index (Phi) is 17.3. The van der Waals surface area contributed by atoms with E-state index < -0.39 is 37.1 Å². The third-order valence-electron chi connectivity index (χ3n) is 11.8. The van der Waals surface area contributed by atoms with Gasteiger partial charge in [-0.05, 0) is 131 Å². The third-order valence-corrected chi connectivity index (χ3v) is 14.1. The van der Waals surface area contributed by atoms with Gasteiger partial charge in [0.25, 0.3) is 0 Å². The van der Waals surface area contributed by atoms with Crippen molar-refractivity contribution in [2.75, 3.05) is 26.4 Å². The first-order chi connectivity index (χ1) is 30.7. The first kappa shape index (κ1) is 49.3. The Labute approximate surface area is 381 Å². The molecule has 0 aliphatic rings. The molecule has 0 spiro atoms. The molecule has 0 fully saturated rings. The Hall–Kier alpha value is -4.10. The monoisotopic (exact) mass is 926 g/mol. The Balaban J connectivity index is 1.12. The lowest BCUT2D eigenvalue weighted by Crippen LogP contribution is -2.58. The number of halogens is 6. The van der Waals surface area contributed by atoms with Crippen LogP contribution in [-0.2, 0) is 30.4 Å². The topological polar surface area (TPSA) is 47.9 Å². The summed E-state index contributed by atoms with van der Waals surface area (Å²) < 4.78 is 105. The number of hydrogen-bond donors (Lipinski definition) is 1. The fourth-order valence-corrected chi connectivity index (χ4v) is 10.2. The van der Waals surface area contributed by atoms with E-state index >= 15 is 0 Å². The zero-order chi connectivity index (χ0) is 45.9. The van der Waals surface area contributed by atoms with Crippen LogP contribution in [0, 0.1) is 0 Å². The van der Waals surface area contributed by atoms with E-state index in [1.807, 2.05) is 24.3 Å². The molecule has 0 amide bonds. The fraction of sp³-hybridized carbons (Fsp3) is 0.462. The molecule has 12 heteroatoms. The summed E-state index contributed by atoms with van der Waals surface area (Å²) in [6, 6.07) is 29.0. The molecule has 64 heavy (non-hydrogen) atoms. The first-order valence-electron chi connectivity index (χ1n) is 22.6. The maximum atomic E-state index is 14.7. The fourth-order valence-electron chi connectivity index (χ4n) is 7.90. The van der Waals surface area contributed by atoms with Gasteiger partial charge in [-0.25, -0.2) is 0 Å². The molecule has 6 aromatic rings. The predicted molar refractivity (Wildman–Crippen MR) is 252 cm³/mol. The van der Waals surface area contributed by atoms with Crippen molar-refractivity contribution in [2.24, 2.45) is 0 Å². The second-order valence-corrected chi connectivity index (χ2v) is 18.7. The van der Waals surface area contributed by atoms with Crippen LogP contribution in [0.1, 0.15) is 101 Å². The van der Waals surface area contributed by atoms with Crippen molar-refractivity contribution >= 4 is 42.8 Å². The highest BCUT2D eigenvalue weighted by molar-refractivity contribution is 7.22. The largest absolute Gasteiger partial charge is 0.493 e. The highest BCUT2D eigenvalue weighted by atomic mass is 32.1. The van der Waals surface area contributed by atoms with Crippen LogP contribution in [0.5, 0.6) is 11.5 Å². The lowest BCUT2D eigenvalue weighted by Gasteiger charge is -2.32. The number of unbranched alkanes of at least 4 members (excludes halogenated alkanes) is 4. The lowest BCUT2D eigenvalue weighted by atomic mass is 9.98. The zero-order valence-corrected chi connectivity index (χ0v) is 38.9. The molecule has 0 radical (unpaired) electrons. The van der Waals surface area contributed by atoms with E-state index in [1.54, 1.807) is 34.8 Å². The summed E-state index contributed by atoms with van der Waals surface area (Å²) in [7, 11) is 0. The molecule has 4 aromatic carbocycles. The number of benzene rings is 4. The third kappa shape index (κ3) is 12.0. The average Bonchev–Trinajstić information content (AvgIpc) is 3.92. The molecule has 1 N–H and O–H groups in total. The van der Waals surface area contributed by atoms with E-state index in [0.29, 0.717) is 11.5 Å². The minimum Gasteiger partial charge on any atom is -0.493 e. The molecule has 2 heterocycles. The van der Waals surface area contributed by atoms with Crippen LogP contribution in [0.3, 0.4) is 0 Å². The SMILES string of the molecule is CCCCCc1ccc(-c2cc3ccc(OCCC(CCOc4ccc5cc(-c6ccc(CCCCC)cc6CC)sc5c4)OCC(F)(F)C(F)(F)C(F)(F)CO)cc3s2)c(CC)c1. The molecule has 0 saturated carbocycles. The Morgan fingerprint density at radius 2 is 1.03 bits per heavy atom. The minimum absolute atomic E-state index is 0.0237. The van der Waals surface area contributed by atoms with Gasteiger partial charge in [0.05, 0.1) is 19.3 Å². The van der Waals surface area contributed by atoms with E-state index in [0.717, 1.165) is 55.6 Å². The summed E-state index contributed by atoms with van der Waals surface area (Å²) in [4.78, 5) is 2.27. The molecule has 0 unspecified atom stereocenters. The average molecular weight is 927 g/mol. The van der Waals surface area contributed by atoms with Gasteiger partial charge < -0.3 is 19.3 Å². The van der Waals surface area contributed by atoms with Gasteiger partial charge in [0.1, 0.15) is 24.7 Å². The van der Waals surface area contributed by atoms with Crippen molar-refractivity contribution in [3.63, 3.8) is 0 Å².